The molecular weight excluding hydrogens is 241 g/mol. The van der Waals surface area contributed by atoms with E-state index < -0.39 is 0 Å². The molecule has 1 saturated heterocycles. The van der Waals surface area contributed by atoms with E-state index in [-0.39, 0.29) is 9.83 Å². The molecule has 0 bridgehead atoms. The van der Waals surface area contributed by atoms with Gasteiger partial charge in [0.1, 0.15) is 0 Å². The van der Waals surface area contributed by atoms with E-state index in [4.69, 9.17) is 0 Å². The SMILES string of the molecule is O=C1NCCCCCC1I. The zero-order valence-electron chi connectivity index (χ0n) is 5.90. The number of carbonyl (C=O) groups is 1. The van der Waals surface area contributed by atoms with Crippen molar-refractivity contribution in [2.24, 2.45) is 0 Å². The lowest BCUT2D eigenvalue weighted by atomic mass is 10.1. The second-order valence-electron chi connectivity index (χ2n) is 2.61. The van der Waals surface area contributed by atoms with Crippen LogP contribution >= 0.6 is 22.6 Å². The summed E-state index contributed by atoms with van der Waals surface area (Å²) >= 11 is 2.21. The van der Waals surface area contributed by atoms with Gasteiger partial charge in [0.25, 0.3) is 0 Å². The Bertz CT molecular complexity index is 127. The number of alkyl halides is 1. The normalized spacial score (nSPS) is 28.5. The van der Waals surface area contributed by atoms with Crippen LogP contribution in [0.1, 0.15) is 25.7 Å². The molecular formula is C7H12INO. The lowest BCUT2D eigenvalue weighted by Crippen LogP contribution is -2.33. The predicted octanol–water partition coefficient (Wildman–Crippen LogP) is 1.48. The standard InChI is InChI=1S/C7H12INO/c8-6-4-2-1-3-5-9-7(6)10/h6H,1-5H2,(H,9,10). The highest BCUT2D eigenvalue weighted by Crippen LogP contribution is 2.13. The third-order valence-corrected chi connectivity index (χ3v) is 2.91. The van der Waals surface area contributed by atoms with E-state index >= 15 is 0 Å². The van der Waals surface area contributed by atoms with Gasteiger partial charge in [-0.1, -0.05) is 35.4 Å². The molecule has 1 heterocycles. The van der Waals surface area contributed by atoms with Gasteiger partial charge in [0, 0.05) is 6.54 Å². The zero-order valence-corrected chi connectivity index (χ0v) is 8.06. The summed E-state index contributed by atoms with van der Waals surface area (Å²) in [5.74, 6) is 0.223. The molecule has 0 aliphatic carbocycles. The molecule has 1 fully saturated rings. The van der Waals surface area contributed by atoms with Crippen LogP contribution < -0.4 is 5.32 Å². The van der Waals surface area contributed by atoms with Crippen LogP contribution in [0.5, 0.6) is 0 Å². The Morgan fingerprint density at radius 3 is 3.00 bits per heavy atom. The summed E-state index contributed by atoms with van der Waals surface area (Å²) in [7, 11) is 0. The van der Waals surface area contributed by atoms with Crippen molar-refractivity contribution in [1.29, 1.82) is 0 Å². The summed E-state index contributed by atoms with van der Waals surface area (Å²) in [5, 5.41) is 2.89. The minimum atomic E-state index is 0.206. The van der Waals surface area contributed by atoms with E-state index in [1.165, 1.54) is 12.8 Å². The van der Waals surface area contributed by atoms with Crippen LogP contribution in [0.3, 0.4) is 0 Å². The van der Waals surface area contributed by atoms with Crippen molar-refractivity contribution in [3.05, 3.63) is 0 Å². The van der Waals surface area contributed by atoms with E-state index in [0.717, 1.165) is 19.4 Å². The summed E-state index contributed by atoms with van der Waals surface area (Å²) < 4.78 is 0.206. The fourth-order valence-corrected chi connectivity index (χ4v) is 1.74. The highest BCUT2D eigenvalue weighted by molar-refractivity contribution is 14.1. The van der Waals surface area contributed by atoms with E-state index in [2.05, 4.69) is 27.9 Å². The topological polar surface area (TPSA) is 29.1 Å². The van der Waals surface area contributed by atoms with Crippen molar-refractivity contribution in [1.82, 2.24) is 5.32 Å². The quantitative estimate of drug-likeness (QED) is 0.514. The number of hydrogen-bond donors (Lipinski definition) is 1. The van der Waals surface area contributed by atoms with Crippen molar-refractivity contribution in [2.45, 2.75) is 29.6 Å². The van der Waals surface area contributed by atoms with E-state index in [9.17, 15) is 4.79 Å². The Morgan fingerprint density at radius 1 is 1.40 bits per heavy atom. The Balaban J connectivity index is 2.35. The van der Waals surface area contributed by atoms with Crippen LogP contribution in [0.4, 0.5) is 0 Å². The molecule has 1 unspecified atom stereocenters. The Kier molecular flexibility index (Phi) is 3.45. The molecule has 0 spiro atoms. The molecule has 1 aliphatic rings. The Hall–Kier alpha value is 0.200. The second kappa shape index (κ2) is 4.16. The molecule has 58 valence electrons. The van der Waals surface area contributed by atoms with Gasteiger partial charge in [-0.3, -0.25) is 4.79 Å². The molecule has 1 rings (SSSR count). The maximum absolute atomic E-state index is 11.0. The number of amides is 1. The van der Waals surface area contributed by atoms with Crippen molar-refractivity contribution < 1.29 is 4.79 Å². The molecule has 0 saturated carbocycles. The molecule has 2 nitrogen and oxygen atoms in total. The number of halogens is 1. The van der Waals surface area contributed by atoms with Gasteiger partial charge in [0.2, 0.25) is 5.91 Å². The molecule has 1 amide bonds. The van der Waals surface area contributed by atoms with Gasteiger partial charge in [-0.15, -0.1) is 0 Å². The highest BCUT2D eigenvalue weighted by Gasteiger charge is 2.14. The average Bonchev–Trinajstić information content (AvgIpc) is 1.92. The zero-order chi connectivity index (χ0) is 7.40. The van der Waals surface area contributed by atoms with Gasteiger partial charge in [-0.2, -0.15) is 0 Å². The molecule has 10 heavy (non-hydrogen) atoms. The summed E-state index contributed by atoms with van der Waals surface area (Å²) in [6.45, 7) is 0.873. The number of rotatable bonds is 0. The summed E-state index contributed by atoms with van der Waals surface area (Å²) in [5.41, 5.74) is 0. The van der Waals surface area contributed by atoms with Gasteiger partial charge in [0.05, 0.1) is 3.92 Å². The molecule has 0 aromatic rings. The molecule has 1 atom stereocenters. The van der Waals surface area contributed by atoms with Gasteiger partial charge in [0.15, 0.2) is 0 Å². The van der Waals surface area contributed by atoms with E-state index in [0.29, 0.717) is 0 Å². The first-order chi connectivity index (χ1) is 4.80. The molecule has 0 aromatic carbocycles. The minimum absolute atomic E-state index is 0.206. The largest absolute Gasteiger partial charge is 0.355 e. The third kappa shape index (κ3) is 2.44. The Morgan fingerprint density at radius 2 is 2.20 bits per heavy atom. The Labute approximate surface area is 74.9 Å². The van der Waals surface area contributed by atoms with Crippen molar-refractivity contribution in [2.75, 3.05) is 6.54 Å². The van der Waals surface area contributed by atoms with Gasteiger partial charge in [-0.05, 0) is 12.8 Å². The molecule has 1 aliphatic heterocycles. The highest BCUT2D eigenvalue weighted by atomic mass is 127. The second-order valence-corrected chi connectivity index (χ2v) is 4.11. The van der Waals surface area contributed by atoms with Crippen molar-refractivity contribution >= 4 is 28.5 Å². The maximum atomic E-state index is 11.0. The summed E-state index contributed by atoms with van der Waals surface area (Å²) in [6.07, 6.45) is 4.67. The first kappa shape index (κ1) is 8.30. The lowest BCUT2D eigenvalue weighted by molar-refractivity contribution is -0.120. The van der Waals surface area contributed by atoms with Crippen LogP contribution in [0.25, 0.3) is 0 Å². The summed E-state index contributed by atoms with van der Waals surface area (Å²) in [4.78, 5) is 11.0. The van der Waals surface area contributed by atoms with Crippen LogP contribution in [0, 0.1) is 0 Å². The first-order valence-electron chi connectivity index (χ1n) is 3.72. The monoisotopic (exact) mass is 253 g/mol. The smallest absolute Gasteiger partial charge is 0.232 e. The van der Waals surface area contributed by atoms with Crippen molar-refractivity contribution in [3.63, 3.8) is 0 Å². The average molecular weight is 253 g/mol. The minimum Gasteiger partial charge on any atom is -0.355 e. The van der Waals surface area contributed by atoms with Gasteiger partial charge in [-0.25, -0.2) is 0 Å². The predicted molar refractivity (Wildman–Crippen MR) is 49.3 cm³/mol. The van der Waals surface area contributed by atoms with Crippen LogP contribution in [-0.4, -0.2) is 16.4 Å². The fourth-order valence-electron chi connectivity index (χ4n) is 1.08. The molecule has 0 radical (unpaired) electrons. The van der Waals surface area contributed by atoms with Crippen LogP contribution in [0.2, 0.25) is 0 Å². The van der Waals surface area contributed by atoms with Crippen LogP contribution in [-0.2, 0) is 4.79 Å². The molecule has 0 aromatic heterocycles. The lowest BCUT2D eigenvalue weighted by Gasteiger charge is -2.13. The number of carbonyl (C=O) groups excluding carboxylic acids is 1. The van der Waals surface area contributed by atoms with Crippen molar-refractivity contribution in [3.8, 4) is 0 Å². The third-order valence-electron chi connectivity index (χ3n) is 1.72. The van der Waals surface area contributed by atoms with E-state index in [1.807, 2.05) is 0 Å². The van der Waals surface area contributed by atoms with E-state index in [1.54, 1.807) is 0 Å². The maximum Gasteiger partial charge on any atom is 0.232 e. The molecule has 3 heteroatoms. The van der Waals surface area contributed by atoms with Gasteiger partial charge < -0.3 is 5.32 Å². The number of hydrogen-bond acceptors (Lipinski definition) is 1. The summed E-state index contributed by atoms with van der Waals surface area (Å²) in [6, 6.07) is 0. The number of nitrogens with one attached hydrogen (secondary N) is 1. The van der Waals surface area contributed by atoms with Gasteiger partial charge >= 0.3 is 0 Å². The molecule has 1 N–H and O–H groups in total. The van der Waals surface area contributed by atoms with Crippen LogP contribution in [0.15, 0.2) is 0 Å². The first-order valence-corrected chi connectivity index (χ1v) is 4.97. The fraction of sp³-hybridized carbons (Fsp3) is 0.857.